The van der Waals surface area contributed by atoms with Gasteiger partial charge in [-0.3, -0.25) is 19.0 Å². The van der Waals surface area contributed by atoms with Crippen LogP contribution in [0.1, 0.15) is 38.1 Å². The molecule has 0 bridgehead atoms. The number of hydrogen-bond donors (Lipinski definition) is 1. The maximum absolute atomic E-state index is 15.1. The molecule has 2 aliphatic heterocycles. The molecule has 2 amide bonds. The number of aryl methyl sites for hydroxylation is 1. The average molecular weight is 621 g/mol. The molecule has 228 valence electrons. The molecule has 3 aromatic heterocycles. The van der Waals surface area contributed by atoms with E-state index >= 15 is 4.39 Å². The van der Waals surface area contributed by atoms with Crippen molar-refractivity contribution < 1.29 is 23.6 Å². The van der Waals surface area contributed by atoms with E-state index < -0.39 is 23.5 Å². The molecule has 0 spiro atoms. The number of anilines is 2. The number of benzene rings is 1. The Labute approximate surface area is 256 Å². The fourth-order valence-electron chi connectivity index (χ4n) is 6.28. The highest BCUT2D eigenvalue weighted by atomic mass is 35.5. The van der Waals surface area contributed by atoms with Crippen molar-refractivity contribution in [1.82, 2.24) is 19.6 Å². The number of phenols is 1. The van der Waals surface area contributed by atoms with Crippen LogP contribution in [0.4, 0.5) is 15.8 Å². The molecule has 0 unspecified atom stereocenters. The number of aromatic nitrogens is 3. The smallest absolute Gasteiger partial charge is 0.283 e. The van der Waals surface area contributed by atoms with Crippen LogP contribution in [0.15, 0.2) is 46.2 Å². The van der Waals surface area contributed by atoms with Gasteiger partial charge in [-0.1, -0.05) is 43.3 Å². The maximum atomic E-state index is 15.1. The quantitative estimate of drug-likeness (QED) is 0.330. The lowest BCUT2D eigenvalue weighted by atomic mass is 9.97. The van der Waals surface area contributed by atoms with Crippen molar-refractivity contribution in [3.8, 4) is 22.7 Å². The number of nitrogens with zero attached hydrogens (tertiary/aromatic N) is 6. The Morgan fingerprint density at radius 3 is 2.61 bits per heavy atom. The summed E-state index contributed by atoms with van der Waals surface area (Å²) in [6.07, 6.45) is 1.21. The van der Waals surface area contributed by atoms with E-state index in [1.807, 2.05) is 25.7 Å². The standard InChI is InChI=1S/C31H30ClFN6O5/c1-7-22(41)37-12-15(4)38-20(13-37)30(42)36(6)27-26(38)17-11-18(32)24(23-19(33)9-8-10-21(23)40)34-29(17)39(31(27)43)25-16(5)35-44-28(25)14(2)3/h7-11,14-15,20,40H,1,12-13H2,2-6H3/t15-,20+/m0/s1. The maximum Gasteiger partial charge on any atom is 0.283 e. The molecule has 1 aromatic carbocycles. The summed E-state index contributed by atoms with van der Waals surface area (Å²) >= 11 is 6.79. The number of carbonyl (C=O) groups is 2. The second-order valence-electron chi connectivity index (χ2n) is 11.4. The van der Waals surface area contributed by atoms with Crippen LogP contribution in [0.2, 0.25) is 5.02 Å². The molecule has 11 nitrogen and oxygen atoms in total. The van der Waals surface area contributed by atoms with E-state index in [4.69, 9.17) is 21.1 Å². The van der Waals surface area contributed by atoms with E-state index in [0.29, 0.717) is 28.2 Å². The van der Waals surface area contributed by atoms with Gasteiger partial charge >= 0.3 is 0 Å². The zero-order chi connectivity index (χ0) is 31.8. The zero-order valence-corrected chi connectivity index (χ0v) is 25.5. The summed E-state index contributed by atoms with van der Waals surface area (Å²) in [5, 5.41) is 15.2. The van der Waals surface area contributed by atoms with E-state index in [1.54, 1.807) is 17.9 Å². The number of likely N-dealkylation sites (N-methyl/N-ethyl adjacent to an activating group) is 1. The van der Waals surface area contributed by atoms with Gasteiger partial charge in [0.25, 0.3) is 11.5 Å². The Bertz CT molecular complexity index is 1930. The lowest BCUT2D eigenvalue weighted by molar-refractivity contribution is -0.129. The third kappa shape index (κ3) is 4.19. The van der Waals surface area contributed by atoms with Gasteiger partial charge in [-0.05, 0) is 38.1 Å². The predicted molar refractivity (Wildman–Crippen MR) is 164 cm³/mol. The summed E-state index contributed by atoms with van der Waals surface area (Å²) in [7, 11) is 1.51. The topological polar surface area (TPSA) is 125 Å². The second-order valence-corrected chi connectivity index (χ2v) is 11.8. The van der Waals surface area contributed by atoms with Crippen molar-refractivity contribution >= 4 is 45.8 Å². The van der Waals surface area contributed by atoms with Crippen LogP contribution in [0, 0.1) is 12.7 Å². The normalized spacial score (nSPS) is 18.2. The average Bonchev–Trinajstić information content (AvgIpc) is 3.36. The van der Waals surface area contributed by atoms with Gasteiger partial charge in [-0.25, -0.2) is 9.37 Å². The number of hydrogen-bond acceptors (Lipinski definition) is 8. The molecule has 5 heterocycles. The summed E-state index contributed by atoms with van der Waals surface area (Å²) in [4.78, 5) is 50.5. The van der Waals surface area contributed by atoms with Crippen molar-refractivity contribution in [2.75, 3.05) is 29.9 Å². The molecule has 2 atom stereocenters. The number of aromatic hydroxyl groups is 1. The third-order valence-corrected chi connectivity index (χ3v) is 8.56. The van der Waals surface area contributed by atoms with Gasteiger partial charge in [0.05, 0.1) is 28.5 Å². The first-order valence-electron chi connectivity index (χ1n) is 14.1. The number of piperazine rings is 1. The van der Waals surface area contributed by atoms with Gasteiger partial charge in [0, 0.05) is 30.9 Å². The molecule has 1 saturated heterocycles. The van der Waals surface area contributed by atoms with Crippen LogP contribution >= 0.6 is 11.6 Å². The van der Waals surface area contributed by atoms with Gasteiger partial charge in [0.15, 0.2) is 11.4 Å². The van der Waals surface area contributed by atoms with Crippen molar-refractivity contribution in [2.24, 2.45) is 0 Å². The van der Waals surface area contributed by atoms with Crippen molar-refractivity contribution in [3.05, 3.63) is 69.6 Å². The summed E-state index contributed by atoms with van der Waals surface area (Å²) in [5.41, 5.74) is 0.457. The third-order valence-electron chi connectivity index (χ3n) is 8.27. The van der Waals surface area contributed by atoms with Crippen LogP contribution in [0.3, 0.4) is 0 Å². The van der Waals surface area contributed by atoms with Crippen LogP contribution in [0.5, 0.6) is 5.75 Å². The van der Waals surface area contributed by atoms with Gasteiger partial charge < -0.3 is 24.3 Å². The summed E-state index contributed by atoms with van der Waals surface area (Å²) in [6.45, 7) is 11.2. The highest BCUT2D eigenvalue weighted by Crippen LogP contribution is 2.45. The largest absolute Gasteiger partial charge is 0.507 e. The van der Waals surface area contributed by atoms with E-state index in [2.05, 4.69) is 11.7 Å². The lowest BCUT2D eigenvalue weighted by Gasteiger charge is -2.50. The van der Waals surface area contributed by atoms with E-state index in [1.165, 1.54) is 40.8 Å². The second kappa shape index (κ2) is 10.5. The van der Waals surface area contributed by atoms with E-state index in [-0.39, 0.29) is 64.2 Å². The first-order chi connectivity index (χ1) is 20.9. The van der Waals surface area contributed by atoms with E-state index in [9.17, 15) is 19.5 Å². The summed E-state index contributed by atoms with van der Waals surface area (Å²) < 4.78 is 22.1. The predicted octanol–water partition coefficient (Wildman–Crippen LogP) is 4.54. The van der Waals surface area contributed by atoms with Gasteiger partial charge in [0.2, 0.25) is 5.91 Å². The number of carbonyl (C=O) groups excluding carboxylic acids is 2. The Morgan fingerprint density at radius 1 is 1.23 bits per heavy atom. The summed E-state index contributed by atoms with van der Waals surface area (Å²) in [5.74, 6) is -1.59. The molecule has 0 aliphatic carbocycles. The Kier molecular flexibility index (Phi) is 6.99. The molecule has 6 rings (SSSR count). The first-order valence-corrected chi connectivity index (χ1v) is 14.5. The highest BCUT2D eigenvalue weighted by Gasteiger charge is 2.47. The molecular formula is C31H30ClFN6O5. The van der Waals surface area contributed by atoms with E-state index in [0.717, 1.165) is 0 Å². The molecule has 0 saturated carbocycles. The monoisotopic (exact) mass is 620 g/mol. The molecular weight excluding hydrogens is 591 g/mol. The minimum absolute atomic E-state index is 0.0145. The fraction of sp³-hybridized carbons (Fsp3) is 0.323. The first kappa shape index (κ1) is 29.4. The minimum Gasteiger partial charge on any atom is -0.507 e. The highest BCUT2D eigenvalue weighted by molar-refractivity contribution is 6.34. The number of rotatable bonds is 4. The minimum atomic E-state index is -0.809. The van der Waals surface area contributed by atoms with Crippen molar-refractivity contribution in [2.45, 2.75) is 45.7 Å². The van der Waals surface area contributed by atoms with Crippen LogP contribution in [-0.2, 0) is 9.59 Å². The SMILES string of the molecule is C=CC(=O)N1C[C@@H]2C(=O)N(C)c3c(c4cc(Cl)c(-c5c(O)cccc5F)nc4n(-c4c(C)noc4C(C)C)c3=O)N2[C@@H](C)C1. The van der Waals surface area contributed by atoms with Crippen LogP contribution < -0.4 is 15.4 Å². The van der Waals surface area contributed by atoms with Crippen molar-refractivity contribution in [3.63, 3.8) is 0 Å². The number of pyridine rings is 2. The molecule has 4 aromatic rings. The van der Waals surface area contributed by atoms with Crippen LogP contribution in [-0.4, -0.2) is 68.7 Å². The molecule has 1 N–H and O–H groups in total. The molecule has 2 aliphatic rings. The summed E-state index contributed by atoms with van der Waals surface area (Å²) in [6, 6.07) is 4.21. The molecule has 44 heavy (non-hydrogen) atoms. The molecule has 13 heteroatoms. The lowest BCUT2D eigenvalue weighted by Crippen LogP contribution is -2.66. The Hall–Kier alpha value is -4.71. The number of fused-ring (bicyclic) bond motifs is 5. The number of phenolic OH excluding ortho intramolecular Hbond substituents is 1. The van der Waals surface area contributed by atoms with Gasteiger partial charge in [-0.2, -0.15) is 0 Å². The zero-order valence-electron chi connectivity index (χ0n) is 24.8. The molecule has 1 fully saturated rings. The van der Waals surface area contributed by atoms with Gasteiger partial charge in [0.1, 0.15) is 34.7 Å². The van der Waals surface area contributed by atoms with Crippen molar-refractivity contribution in [1.29, 1.82) is 0 Å². The Morgan fingerprint density at radius 2 is 1.95 bits per heavy atom. The number of halogens is 2. The fourth-order valence-corrected chi connectivity index (χ4v) is 6.53. The van der Waals surface area contributed by atoms with Crippen LogP contribution in [0.25, 0.3) is 28.0 Å². The Balaban J connectivity index is 1.75. The molecule has 0 radical (unpaired) electrons. The number of amides is 2. The van der Waals surface area contributed by atoms with Gasteiger partial charge in [-0.15, -0.1) is 0 Å².